The fraction of sp³-hybridized carbons (Fsp3) is 0.250. The van der Waals surface area contributed by atoms with E-state index in [0.29, 0.717) is 5.56 Å². The normalized spacial score (nSPS) is 8.00. The molecule has 0 saturated carbocycles. The first-order valence-corrected chi connectivity index (χ1v) is 3.05. The van der Waals surface area contributed by atoms with Crippen molar-refractivity contribution in [3.05, 3.63) is 17.0 Å². The lowest BCUT2D eigenvalue weighted by atomic mass is 10.2. The Morgan fingerprint density at radius 2 is 2.00 bits per heavy atom. The lowest BCUT2D eigenvalue weighted by molar-refractivity contribution is 0.112. The van der Waals surface area contributed by atoms with Crippen LogP contribution in [0.5, 0.6) is 0 Å². The number of hydrogen-bond acceptors (Lipinski definition) is 2. The van der Waals surface area contributed by atoms with Crippen molar-refractivity contribution in [3.8, 4) is 12.8 Å². The second kappa shape index (κ2) is 4.29. The number of aromatic amines is 1. The number of aldehydes is 1. The quantitative estimate of drug-likeness (QED) is 0.481. The number of terminal acetylenes is 1. The zero-order chi connectivity index (χ0) is 8.85. The van der Waals surface area contributed by atoms with E-state index in [1.54, 1.807) is 6.92 Å². The van der Waals surface area contributed by atoms with Crippen LogP contribution in [0.25, 0.3) is 0 Å². The highest BCUT2D eigenvalue weighted by Crippen LogP contribution is 2.04. The fourth-order valence-electron chi connectivity index (χ4n) is 0.733. The van der Waals surface area contributed by atoms with Gasteiger partial charge in [-0.05, 0) is 13.8 Å². The van der Waals surface area contributed by atoms with Crippen LogP contribution < -0.4 is 0 Å². The summed E-state index contributed by atoms with van der Waals surface area (Å²) >= 11 is 0. The number of H-pyrrole nitrogens is 1. The molecule has 0 amide bonds. The van der Waals surface area contributed by atoms with Gasteiger partial charge in [-0.1, -0.05) is 0 Å². The third-order valence-electron chi connectivity index (χ3n) is 1.30. The Bertz CT molecular complexity index is 241. The van der Waals surface area contributed by atoms with E-state index in [1.807, 2.05) is 6.92 Å². The van der Waals surface area contributed by atoms with Gasteiger partial charge in [-0.3, -0.25) is 9.89 Å². The summed E-state index contributed by atoms with van der Waals surface area (Å²) in [5, 5.41) is 6.54. The Balaban J connectivity index is 0.000000461. The predicted octanol–water partition coefficient (Wildman–Crippen LogP) is 1.09. The number of nitrogens with one attached hydrogen (secondary N) is 1. The van der Waals surface area contributed by atoms with Gasteiger partial charge in [0.25, 0.3) is 0 Å². The molecule has 0 aromatic carbocycles. The first kappa shape index (κ1) is 9.44. The molecule has 0 atom stereocenters. The van der Waals surface area contributed by atoms with Gasteiger partial charge in [0.1, 0.15) is 0 Å². The minimum atomic E-state index is 0.676. The van der Waals surface area contributed by atoms with Crippen LogP contribution in [-0.4, -0.2) is 16.5 Å². The number of carbonyl (C=O) groups excluding carboxylic acids is 1. The standard InChI is InChI=1S/C6H8N2O.C2H2/c1-4-6(3-9)5(2)8-7-4;1-2/h3H,1-2H3,(H,7,8);1-2H. The van der Waals surface area contributed by atoms with Gasteiger partial charge in [0.05, 0.1) is 11.3 Å². The molecule has 58 valence electrons. The van der Waals surface area contributed by atoms with Gasteiger partial charge in [0.2, 0.25) is 0 Å². The molecule has 3 nitrogen and oxygen atoms in total. The molecule has 0 unspecified atom stereocenters. The van der Waals surface area contributed by atoms with Crippen molar-refractivity contribution < 1.29 is 4.79 Å². The summed E-state index contributed by atoms with van der Waals surface area (Å²) in [6.07, 6.45) is 8.81. The van der Waals surface area contributed by atoms with E-state index >= 15 is 0 Å². The predicted molar refractivity (Wildman–Crippen MR) is 43.3 cm³/mol. The maximum atomic E-state index is 10.2. The zero-order valence-electron chi connectivity index (χ0n) is 6.59. The summed E-state index contributed by atoms with van der Waals surface area (Å²) in [4.78, 5) is 10.2. The average Bonchev–Trinajstić information content (AvgIpc) is 2.35. The number of aromatic nitrogens is 2. The second-order valence-electron chi connectivity index (χ2n) is 1.97. The smallest absolute Gasteiger partial charge is 0.153 e. The summed E-state index contributed by atoms with van der Waals surface area (Å²) in [6, 6.07) is 0. The molecule has 0 fully saturated rings. The average molecular weight is 150 g/mol. The SMILES string of the molecule is C#C.Cc1n[nH]c(C)c1C=O. The number of nitrogens with zero attached hydrogens (tertiary/aromatic N) is 1. The Kier molecular flexibility index (Phi) is 3.68. The van der Waals surface area contributed by atoms with Crippen molar-refractivity contribution in [1.82, 2.24) is 10.2 Å². The molecule has 0 saturated heterocycles. The van der Waals surface area contributed by atoms with E-state index < -0.39 is 0 Å². The van der Waals surface area contributed by atoms with Crippen LogP contribution in [0, 0.1) is 26.7 Å². The molecule has 1 aromatic rings. The highest BCUT2D eigenvalue weighted by atomic mass is 16.1. The largest absolute Gasteiger partial charge is 0.298 e. The molecule has 0 aliphatic carbocycles. The fourth-order valence-corrected chi connectivity index (χ4v) is 0.733. The summed E-state index contributed by atoms with van der Waals surface area (Å²) in [5.74, 6) is 0. The van der Waals surface area contributed by atoms with Gasteiger partial charge in [-0.25, -0.2) is 0 Å². The third kappa shape index (κ3) is 1.94. The Morgan fingerprint density at radius 3 is 2.18 bits per heavy atom. The highest BCUT2D eigenvalue weighted by molar-refractivity contribution is 5.77. The lowest BCUT2D eigenvalue weighted by Crippen LogP contribution is -1.82. The Hall–Kier alpha value is -1.56. The molecular formula is C8H10N2O. The van der Waals surface area contributed by atoms with Crippen molar-refractivity contribution in [2.45, 2.75) is 13.8 Å². The number of carbonyl (C=O) groups is 1. The van der Waals surface area contributed by atoms with Gasteiger partial charge in [-0.2, -0.15) is 5.10 Å². The first-order valence-electron chi connectivity index (χ1n) is 3.05. The third-order valence-corrected chi connectivity index (χ3v) is 1.30. The molecule has 1 aromatic heterocycles. The molecule has 0 spiro atoms. The molecule has 11 heavy (non-hydrogen) atoms. The molecule has 1 N–H and O–H groups in total. The van der Waals surface area contributed by atoms with Crippen molar-refractivity contribution >= 4 is 6.29 Å². The van der Waals surface area contributed by atoms with E-state index in [2.05, 4.69) is 23.0 Å². The van der Waals surface area contributed by atoms with Gasteiger partial charge in [-0.15, -0.1) is 12.8 Å². The summed E-state index contributed by atoms with van der Waals surface area (Å²) in [6.45, 7) is 3.62. The molecule has 0 aliphatic rings. The van der Waals surface area contributed by atoms with E-state index in [4.69, 9.17) is 0 Å². The van der Waals surface area contributed by atoms with Crippen LogP contribution >= 0.6 is 0 Å². The maximum Gasteiger partial charge on any atom is 0.153 e. The number of hydrogen-bond donors (Lipinski definition) is 1. The zero-order valence-corrected chi connectivity index (χ0v) is 6.59. The van der Waals surface area contributed by atoms with Gasteiger partial charge in [0, 0.05) is 5.69 Å². The Labute approximate surface area is 65.8 Å². The van der Waals surface area contributed by atoms with E-state index in [9.17, 15) is 4.79 Å². The minimum Gasteiger partial charge on any atom is -0.298 e. The molecule has 1 heterocycles. The van der Waals surface area contributed by atoms with E-state index in [-0.39, 0.29) is 0 Å². The topological polar surface area (TPSA) is 45.8 Å². The van der Waals surface area contributed by atoms with Crippen LogP contribution in [0.15, 0.2) is 0 Å². The molecule has 1 rings (SSSR count). The van der Waals surface area contributed by atoms with E-state index in [1.165, 1.54) is 0 Å². The van der Waals surface area contributed by atoms with Crippen LogP contribution in [-0.2, 0) is 0 Å². The van der Waals surface area contributed by atoms with Crippen LogP contribution in [0.1, 0.15) is 21.7 Å². The second-order valence-corrected chi connectivity index (χ2v) is 1.97. The van der Waals surface area contributed by atoms with Crippen LogP contribution in [0.3, 0.4) is 0 Å². The van der Waals surface area contributed by atoms with Crippen LogP contribution in [0.4, 0.5) is 0 Å². The summed E-state index contributed by atoms with van der Waals surface area (Å²) < 4.78 is 0. The number of aryl methyl sites for hydroxylation is 2. The van der Waals surface area contributed by atoms with Crippen molar-refractivity contribution in [2.24, 2.45) is 0 Å². The molecule has 0 bridgehead atoms. The van der Waals surface area contributed by atoms with Gasteiger partial charge >= 0.3 is 0 Å². The first-order chi connectivity index (χ1) is 5.25. The molecule has 3 heteroatoms. The maximum absolute atomic E-state index is 10.2. The Morgan fingerprint density at radius 1 is 1.45 bits per heavy atom. The van der Waals surface area contributed by atoms with Gasteiger partial charge in [0.15, 0.2) is 6.29 Å². The number of rotatable bonds is 1. The summed E-state index contributed by atoms with van der Waals surface area (Å²) in [5.41, 5.74) is 2.28. The van der Waals surface area contributed by atoms with Gasteiger partial charge < -0.3 is 0 Å². The van der Waals surface area contributed by atoms with Crippen molar-refractivity contribution in [3.63, 3.8) is 0 Å². The summed E-state index contributed by atoms with van der Waals surface area (Å²) in [7, 11) is 0. The highest BCUT2D eigenvalue weighted by Gasteiger charge is 2.01. The van der Waals surface area contributed by atoms with E-state index in [0.717, 1.165) is 17.7 Å². The van der Waals surface area contributed by atoms with Crippen molar-refractivity contribution in [1.29, 1.82) is 0 Å². The lowest BCUT2D eigenvalue weighted by Gasteiger charge is -1.82. The molecule has 0 aliphatic heterocycles. The monoisotopic (exact) mass is 150 g/mol. The molecule has 0 radical (unpaired) electrons. The van der Waals surface area contributed by atoms with Crippen LogP contribution in [0.2, 0.25) is 0 Å². The van der Waals surface area contributed by atoms with Crippen molar-refractivity contribution in [2.75, 3.05) is 0 Å². The minimum absolute atomic E-state index is 0.676. The molecular weight excluding hydrogens is 140 g/mol.